The van der Waals surface area contributed by atoms with Gasteiger partial charge in [0.25, 0.3) is 0 Å². The van der Waals surface area contributed by atoms with Crippen molar-refractivity contribution in [3.05, 3.63) is 57.6 Å². The molecule has 2 N–H and O–H groups in total. The van der Waals surface area contributed by atoms with Crippen molar-refractivity contribution in [2.24, 2.45) is 0 Å². The van der Waals surface area contributed by atoms with E-state index in [1.807, 2.05) is 42.8 Å². The van der Waals surface area contributed by atoms with Gasteiger partial charge in [-0.15, -0.1) is 0 Å². The van der Waals surface area contributed by atoms with Crippen molar-refractivity contribution in [2.75, 3.05) is 5.32 Å². The van der Waals surface area contributed by atoms with Crippen LogP contribution in [0.15, 0.2) is 39.4 Å². The first-order valence-corrected chi connectivity index (χ1v) is 8.50. The quantitative estimate of drug-likeness (QED) is 0.741. The van der Waals surface area contributed by atoms with Crippen molar-refractivity contribution in [3.63, 3.8) is 0 Å². The molecule has 5 nitrogen and oxygen atoms in total. The lowest BCUT2D eigenvalue weighted by Gasteiger charge is -2.09. The van der Waals surface area contributed by atoms with Crippen LogP contribution in [-0.2, 0) is 17.8 Å². The van der Waals surface area contributed by atoms with Crippen LogP contribution >= 0.6 is 11.3 Å². The average Bonchev–Trinajstić information content (AvgIpc) is 3.20. The molecular formula is C18H18N2O3S. The van der Waals surface area contributed by atoms with Gasteiger partial charge in [0.2, 0.25) is 11.8 Å². The first kappa shape index (κ1) is 16.4. The van der Waals surface area contributed by atoms with Gasteiger partial charge in [-0.3, -0.25) is 4.79 Å². The van der Waals surface area contributed by atoms with Crippen LogP contribution < -0.4 is 5.32 Å². The van der Waals surface area contributed by atoms with Gasteiger partial charge in [-0.25, -0.2) is 4.98 Å². The number of nitrogens with one attached hydrogen (secondary N) is 1. The van der Waals surface area contributed by atoms with Gasteiger partial charge in [0.05, 0.1) is 18.7 Å². The molecule has 0 fully saturated rings. The highest BCUT2D eigenvalue weighted by molar-refractivity contribution is 7.08. The largest absolute Gasteiger partial charge is 0.441 e. The number of rotatable bonds is 5. The van der Waals surface area contributed by atoms with Crippen LogP contribution in [0.3, 0.4) is 0 Å². The monoisotopic (exact) mass is 342 g/mol. The van der Waals surface area contributed by atoms with Crippen LogP contribution in [0.1, 0.15) is 22.6 Å². The maximum Gasteiger partial charge on any atom is 0.230 e. The SMILES string of the molecule is Cc1ccc(CO)cc1NC(=O)Cc1nc(-c2ccsc2)oc1C. The highest BCUT2D eigenvalue weighted by Gasteiger charge is 2.15. The molecule has 0 aliphatic heterocycles. The number of carbonyl (C=O) groups excluding carboxylic acids is 1. The number of aliphatic hydroxyl groups is 1. The first-order valence-electron chi connectivity index (χ1n) is 7.56. The van der Waals surface area contributed by atoms with E-state index in [2.05, 4.69) is 10.3 Å². The third-order valence-electron chi connectivity index (χ3n) is 3.75. The number of nitrogens with zero attached hydrogens (tertiary/aromatic N) is 1. The highest BCUT2D eigenvalue weighted by Crippen LogP contribution is 2.24. The lowest BCUT2D eigenvalue weighted by atomic mass is 10.1. The third kappa shape index (κ3) is 3.55. The third-order valence-corrected chi connectivity index (χ3v) is 4.43. The van der Waals surface area contributed by atoms with Gasteiger partial charge in [-0.2, -0.15) is 11.3 Å². The Morgan fingerprint density at radius 2 is 2.17 bits per heavy atom. The number of hydrogen-bond acceptors (Lipinski definition) is 5. The number of carbonyl (C=O) groups is 1. The van der Waals surface area contributed by atoms with Crippen LogP contribution in [0, 0.1) is 13.8 Å². The molecule has 0 aliphatic carbocycles. The molecule has 124 valence electrons. The van der Waals surface area contributed by atoms with E-state index >= 15 is 0 Å². The highest BCUT2D eigenvalue weighted by atomic mass is 32.1. The minimum absolute atomic E-state index is 0.0600. The maximum absolute atomic E-state index is 12.3. The van der Waals surface area contributed by atoms with Crippen LogP contribution in [0.4, 0.5) is 5.69 Å². The van der Waals surface area contributed by atoms with E-state index in [1.165, 1.54) is 0 Å². The van der Waals surface area contributed by atoms with E-state index in [9.17, 15) is 9.90 Å². The zero-order valence-electron chi connectivity index (χ0n) is 13.5. The van der Waals surface area contributed by atoms with Crippen molar-refractivity contribution >= 4 is 22.9 Å². The van der Waals surface area contributed by atoms with Crippen molar-refractivity contribution in [2.45, 2.75) is 26.9 Å². The van der Waals surface area contributed by atoms with Gasteiger partial charge in [-0.05, 0) is 42.5 Å². The van der Waals surface area contributed by atoms with Crippen LogP contribution in [0.25, 0.3) is 11.5 Å². The standard InChI is InChI=1S/C18H18N2O3S/c1-11-3-4-13(9-21)7-15(11)19-17(22)8-16-12(2)23-18(20-16)14-5-6-24-10-14/h3-7,10,21H,8-9H2,1-2H3,(H,19,22). The van der Waals surface area contributed by atoms with Gasteiger partial charge in [0.15, 0.2) is 0 Å². The molecule has 0 saturated heterocycles. The summed E-state index contributed by atoms with van der Waals surface area (Å²) in [7, 11) is 0. The molecule has 0 bridgehead atoms. The fraction of sp³-hybridized carbons (Fsp3) is 0.222. The molecule has 6 heteroatoms. The number of aliphatic hydroxyl groups excluding tert-OH is 1. The summed E-state index contributed by atoms with van der Waals surface area (Å²) < 4.78 is 5.65. The van der Waals surface area contributed by atoms with Crippen molar-refractivity contribution in [1.82, 2.24) is 4.98 Å². The Balaban J connectivity index is 1.74. The molecule has 2 aromatic heterocycles. The molecule has 0 radical (unpaired) electrons. The van der Waals surface area contributed by atoms with E-state index < -0.39 is 0 Å². The summed E-state index contributed by atoms with van der Waals surface area (Å²) in [5.74, 6) is 1.02. The van der Waals surface area contributed by atoms with Gasteiger partial charge < -0.3 is 14.8 Å². The number of oxazole rings is 1. The summed E-state index contributed by atoms with van der Waals surface area (Å²) in [6.07, 6.45) is 0.141. The molecule has 3 rings (SSSR count). The lowest BCUT2D eigenvalue weighted by Crippen LogP contribution is -2.16. The lowest BCUT2D eigenvalue weighted by molar-refractivity contribution is -0.115. The molecule has 3 aromatic rings. The molecule has 1 aromatic carbocycles. The zero-order chi connectivity index (χ0) is 17.1. The molecular weight excluding hydrogens is 324 g/mol. The van der Waals surface area contributed by atoms with E-state index in [1.54, 1.807) is 17.4 Å². The summed E-state index contributed by atoms with van der Waals surface area (Å²) in [6, 6.07) is 7.42. The number of aryl methyl sites for hydroxylation is 2. The molecule has 0 atom stereocenters. The number of aromatic nitrogens is 1. The molecule has 0 spiro atoms. The normalized spacial score (nSPS) is 10.8. The van der Waals surface area contributed by atoms with Gasteiger partial charge >= 0.3 is 0 Å². The molecule has 24 heavy (non-hydrogen) atoms. The number of amides is 1. The molecule has 0 unspecified atom stereocenters. The second-order valence-electron chi connectivity index (χ2n) is 5.57. The van der Waals surface area contributed by atoms with Gasteiger partial charge in [-0.1, -0.05) is 12.1 Å². The maximum atomic E-state index is 12.3. The first-order chi connectivity index (χ1) is 11.6. The number of anilines is 1. The Bertz CT molecular complexity index is 853. The Hall–Kier alpha value is -2.44. The van der Waals surface area contributed by atoms with Crippen molar-refractivity contribution in [3.8, 4) is 11.5 Å². The van der Waals surface area contributed by atoms with Crippen molar-refractivity contribution < 1.29 is 14.3 Å². The summed E-state index contributed by atoms with van der Waals surface area (Å²) in [5, 5.41) is 16.0. The summed E-state index contributed by atoms with van der Waals surface area (Å²) >= 11 is 1.57. The minimum atomic E-state index is -0.165. The summed E-state index contributed by atoms with van der Waals surface area (Å²) in [6.45, 7) is 3.66. The predicted molar refractivity (Wildman–Crippen MR) is 94.0 cm³/mol. The Morgan fingerprint density at radius 1 is 1.33 bits per heavy atom. The van der Waals surface area contributed by atoms with Crippen LogP contribution in [-0.4, -0.2) is 16.0 Å². The Labute approximate surface area is 144 Å². The molecule has 0 saturated carbocycles. The van der Waals surface area contributed by atoms with Crippen LogP contribution in [0.5, 0.6) is 0 Å². The molecule has 0 aliphatic rings. The van der Waals surface area contributed by atoms with Crippen molar-refractivity contribution in [1.29, 1.82) is 0 Å². The summed E-state index contributed by atoms with van der Waals surface area (Å²) in [5.41, 5.74) is 3.95. The Kier molecular flexibility index (Phi) is 4.78. The number of hydrogen-bond donors (Lipinski definition) is 2. The van der Waals surface area contributed by atoms with E-state index in [0.29, 0.717) is 23.0 Å². The second-order valence-corrected chi connectivity index (χ2v) is 6.35. The van der Waals surface area contributed by atoms with Crippen LogP contribution in [0.2, 0.25) is 0 Å². The van der Waals surface area contributed by atoms with E-state index in [-0.39, 0.29) is 18.9 Å². The molecule has 1 amide bonds. The Morgan fingerprint density at radius 3 is 2.88 bits per heavy atom. The van der Waals surface area contributed by atoms with E-state index in [4.69, 9.17) is 4.42 Å². The molecule has 2 heterocycles. The smallest absolute Gasteiger partial charge is 0.230 e. The fourth-order valence-electron chi connectivity index (χ4n) is 2.35. The topological polar surface area (TPSA) is 75.4 Å². The zero-order valence-corrected chi connectivity index (χ0v) is 14.3. The van der Waals surface area contributed by atoms with Gasteiger partial charge in [0, 0.05) is 16.6 Å². The predicted octanol–water partition coefficient (Wildman–Crippen LogP) is 3.69. The van der Waals surface area contributed by atoms with Gasteiger partial charge in [0.1, 0.15) is 5.76 Å². The second kappa shape index (κ2) is 6.98. The minimum Gasteiger partial charge on any atom is -0.441 e. The number of benzene rings is 1. The van der Waals surface area contributed by atoms with E-state index in [0.717, 1.165) is 16.7 Å². The number of thiophene rings is 1. The fourth-order valence-corrected chi connectivity index (χ4v) is 2.98. The average molecular weight is 342 g/mol. The summed E-state index contributed by atoms with van der Waals surface area (Å²) in [4.78, 5) is 16.8.